The number of nitrogens with one attached hydrogen (secondary N) is 1. The summed E-state index contributed by atoms with van der Waals surface area (Å²) in [5, 5.41) is 3.18. The fraction of sp³-hybridized carbons (Fsp3) is 0.500. The van der Waals surface area contributed by atoms with Crippen LogP contribution in [0.25, 0.3) is 0 Å². The molecule has 1 N–H and O–H groups in total. The van der Waals surface area contributed by atoms with E-state index < -0.39 is 0 Å². The predicted octanol–water partition coefficient (Wildman–Crippen LogP) is 2.58. The molecule has 0 unspecified atom stereocenters. The number of nitrogens with zero attached hydrogens (tertiary/aromatic N) is 1. The van der Waals surface area contributed by atoms with E-state index in [2.05, 4.69) is 37.4 Å². The van der Waals surface area contributed by atoms with Crippen LogP contribution in [0, 0.1) is 13.8 Å². The Kier molecular flexibility index (Phi) is 5.01. The van der Waals surface area contributed by atoms with Crippen LogP contribution in [-0.4, -0.2) is 30.4 Å². The highest BCUT2D eigenvalue weighted by Gasteiger charge is 2.08. The summed E-state index contributed by atoms with van der Waals surface area (Å²) in [6, 6.07) is 6.24. The van der Waals surface area contributed by atoms with Crippen LogP contribution >= 0.6 is 0 Å². The molecule has 1 amide bonds. The average molecular weight is 234 g/mol. The molecule has 3 heteroatoms. The van der Waals surface area contributed by atoms with Gasteiger partial charge in [-0.05, 0) is 51.0 Å². The van der Waals surface area contributed by atoms with Gasteiger partial charge in [-0.2, -0.15) is 0 Å². The Morgan fingerprint density at radius 2 is 1.65 bits per heavy atom. The topological polar surface area (TPSA) is 32.3 Å². The number of aryl methyl sites for hydroxylation is 2. The number of benzene rings is 1. The highest BCUT2D eigenvalue weighted by atomic mass is 16.2. The van der Waals surface area contributed by atoms with Crippen molar-refractivity contribution in [3.63, 3.8) is 0 Å². The summed E-state index contributed by atoms with van der Waals surface area (Å²) in [5.41, 5.74) is 3.44. The summed E-state index contributed by atoms with van der Waals surface area (Å²) >= 11 is 0. The fourth-order valence-corrected chi connectivity index (χ4v) is 1.94. The van der Waals surface area contributed by atoms with E-state index in [1.165, 1.54) is 11.1 Å². The number of rotatable bonds is 5. The van der Waals surface area contributed by atoms with Crippen LogP contribution in [0.15, 0.2) is 18.2 Å². The molecule has 94 valence electrons. The maximum absolute atomic E-state index is 11.8. The average Bonchev–Trinajstić information content (AvgIpc) is 2.27. The van der Waals surface area contributed by atoms with Crippen LogP contribution in [0.1, 0.15) is 25.0 Å². The van der Waals surface area contributed by atoms with Crippen molar-refractivity contribution in [2.75, 3.05) is 25.0 Å². The number of carbonyl (C=O) groups excluding carboxylic acids is 1. The third-order valence-electron chi connectivity index (χ3n) is 2.78. The van der Waals surface area contributed by atoms with E-state index in [0.29, 0.717) is 6.54 Å². The van der Waals surface area contributed by atoms with E-state index in [9.17, 15) is 4.79 Å². The Hall–Kier alpha value is -1.51. The maximum atomic E-state index is 11.8. The van der Waals surface area contributed by atoms with Crippen molar-refractivity contribution in [1.82, 2.24) is 4.90 Å². The standard InChI is InChI=1S/C14H22N2O/c1-5-16(6-2)14(17)10-15-13-8-11(3)7-12(4)9-13/h7-9,15H,5-6,10H2,1-4H3. The highest BCUT2D eigenvalue weighted by molar-refractivity contribution is 5.80. The molecule has 1 aromatic carbocycles. The third kappa shape index (κ3) is 4.10. The van der Waals surface area contributed by atoms with E-state index >= 15 is 0 Å². The Bertz CT molecular complexity index is 364. The smallest absolute Gasteiger partial charge is 0.241 e. The largest absolute Gasteiger partial charge is 0.376 e. The van der Waals surface area contributed by atoms with Crippen molar-refractivity contribution < 1.29 is 4.79 Å². The second kappa shape index (κ2) is 6.28. The minimum Gasteiger partial charge on any atom is -0.376 e. The molecule has 0 heterocycles. The molecule has 1 aromatic rings. The number of hydrogen-bond acceptors (Lipinski definition) is 2. The molecule has 1 rings (SSSR count). The molecule has 0 bridgehead atoms. The van der Waals surface area contributed by atoms with Gasteiger partial charge in [0.1, 0.15) is 0 Å². The lowest BCUT2D eigenvalue weighted by Crippen LogP contribution is -2.35. The second-order valence-corrected chi connectivity index (χ2v) is 4.30. The number of likely N-dealkylation sites (N-methyl/N-ethyl adjacent to an activating group) is 1. The fourth-order valence-electron chi connectivity index (χ4n) is 1.94. The van der Waals surface area contributed by atoms with Gasteiger partial charge < -0.3 is 10.2 Å². The summed E-state index contributed by atoms with van der Waals surface area (Å²) in [5.74, 6) is 0.147. The zero-order valence-corrected chi connectivity index (χ0v) is 11.2. The monoisotopic (exact) mass is 234 g/mol. The Labute approximate surface area is 104 Å². The third-order valence-corrected chi connectivity index (χ3v) is 2.78. The molecule has 0 atom stereocenters. The first-order valence-corrected chi connectivity index (χ1v) is 6.16. The van der Waals surface area contributed by atoms with Gasteiger partial charge in [-0.25, -0.2) is 0 Å². The normalized spacial score (nSPS) is 10.1. The molecular weight excluding hydrogens is 212 g/mol. The van der Waals surface area contributed by atoms with Gasteiger partial charge in [-0.1, -0.05) is 6.07 Å². The van der Waals surface area contributed by atoms with Crippen LogP contribution in [0.2, 0.25) is 0 Å². The van der Waals surface area contributed by atoms with E-state index in [1.54, 1.807) is 0 Å². The predicted molar refractivity (Wildman–Crippen MR) is 72.3 cm³/mol. The van der Waals surface area contributed by atoms with Crippen LogP contribution < -0.4 is 5.32 Å². The minimum absolute atomic E-state index is 0.147. The molecule has 0 aliphatic heterocycles. The SMILES string of the molecule is CCN(CC)C(=O)CNc1cc(C)cc(C)c1. The second-order valence-electron chi connectivity index (χ2n) is 4.30. The first kappa shape index (κ1) is 13.6. The van der Waals surface area contributed by atoms with Gasteiger partial charge in [0, 0.05) is 18.8 Å². The van der Waals surface area contributed by atoms with Gasteiger partial charge in [-0.3, -0.25) is 4.79 Å². The number of hydrogen-bond donors (Lipinski definition) is 1. The maximum Gasteiger partial charge on any atom is 0.241 e. The molecule has 0 aliphatic rings. The zero-order chi connectivity index (χ0) is 12.8. The van der Waals surface area contributed by atoms with Gasteiger partial charge in [0.15, 0.2) is 0 Å². The van der Waals surface area contributed by atoms with E-state index in [0.717, 1.165) is 18.8 Å². The summed E-state index contributed by atoms with van der Waals surface area (Å²) in [7, 11) is 0. The number of amides is 1. The first-order valence-electron chi connectivity index (χ1n) is 6.16. The lowest BCUT2D eigenvalue weighted by atomic mass is 10.1. The summed E-state index contributed by atoms with van der Waals surface area (Å²) in [6.07, 6.45) is 0. The van der Waals surface area contributed by atoms with Crippen molar-refractivity contribution >= 4 is 11.6 Å². The van der Waals surface area contributed by atoms with Gasteiger partial charge in [0.25, 0.3) is 0 Å². The quantitative estimate of drug-likeness (QED) is 0.849. The van der Waals surface area contributed by atoms with Crippen LogP contribution in [0.3, 0.4) is 0 Å². The Morgan fingerprint density at radius 3 is 2.12 bits per heavy atom. The number of anilines is 1. The summed E-state index contributed by atoms with van der Waals surface area (Å²) in [4.78, 5) is 13.6. The van der Waals surface area contributed by atoms with Gasteiger partial charge in [0.2, 0.25) is 5.91 Å². The summed E-state index contributed by atoms with van der Waals surface area (Å²) < 4.78 is 0. The van der Waals surface area contributed by atoms with Crippen molar-refractivity contribution in [3.8, 4) is 0 Å². The van der Waals surface area contributed by atoms with Crippen molar-refractivity contribution in [1.29, 1.82) is 0 Å². The van der Waals surface area contributed by atoms with Crippen LogP contribution in [0.4, 0.5) is 5.69 Å². The molecule has 0 saturated heterocycles. The van der Waals surface area contributed by atoms with Crippen LogP contribution in [-0.2, 0) is 4.79 Å². The van der Waals surface area contributed by atoms with Gasteiger partial charge in [0.05, 0.1) is 6.54 Å². The van der Waals surface area contributed by atoms with E-state index in [4.69, 9.17) is 0 Å². The zero-order valence-electron chi connectivity index (χ0n) is 11.2. The van der Waals surface area contributed by atoms with Crippen molar-refractivity contribution in [2.24, 2.45) is 0 Å². The summed E-state index contributed by atoms with van der Waals surface area (Å²) in [6.45, 7) is 10.0. The molecule has 3 nitrogen and oxygen atoms in total. The Morgan fingerprint density at radius 1 is 1.12 bits per heavy atom. The highest BCUT2D eigenvalue weighted by Crippen LogP contribution is 2.13. The van der Waals surface area contributed by atoms with Crippen LogP contribution in [0.5, 0.6) is 0 Å². The molecular formula is C14H22N2O. The lowest BCUT2D eigenvalue weighted by Gasteiger charge is -2.19. The minimum atomic E-state index is 0.147. The van der Waals surface area contributed by atoms with E-state index in [1.807, 2.05) is 18.7 Å². The molecule has 0 spiro atoms. The van der Waals surface area contributed by atoms with Crippen molar-refractivity contribution in [3.05, 3.63) is 29.3 Å². The molecule has 0 aromatic heterocycles. The molecule has 0 radical (unpaired) electrons. The van der Waals surface area contributed by atoms with E-state index in [-0.39, 0.29) is 5.91 Å². The van der Waals surface area contributed by atoms with Crippen molar-refractivity contribution in [2.45, 2.75) is 27.7 Å². The Balaban J connectivity index is 2.58. The van der Waals surface area contributed by atoms with Gasteiger partial charge >= 0.3 is 0 Å². The molecule has 0 saturated carbocycles. The molecule has 0 fully saturated rings. The lowest BCUT2D eigenvalue weighted by molar-refractivity contribution is -0.128. The molecule has 0 aliphatic carbocycles. The van der Waals surface area contributed by atoms with Gasteiger partial charge in [-0.15, -0.1) is 0 Å². The molecule has 17 heavy (non-hydrogen) atoms. The first-order chi connectivity index (χ1) is 8.06. The number of carbonyl (C=O) groups is 1.